The quantitative estimate of drug-likeness (QED) is 0.408. The predicted octanol–water partition coefficient (Wildman–Crippen LogP) is 3.94. The Labute approximate surface area is 216 Å². The SMILES string of the molecule is CCNC(=O)C(C)N(Cc1ccccc1F)C(=O)CN(c1ccc(Oc2ccccc2)cc1)S(C)(=O)=O. The normalized spacial score (nSPS) is 11.9. The number of hydrogen-bond donors (Lipinski definition) is 1. The number of anilines is 1. The third-order valence-corrected chi connectivity index (χ3v) is 6.74. The topological polar surface area (TPSA) is 96.0 Å². The van der Waals surface area contributed by atoms with Crippen LogP contribution in [0.25, 0.3) is 0 Å². The lowest BCUT2D eigenvalue weighted by atomic mass is 10.1. The molecule has 8 nitrogen and oxygen atoms in total. The van der Waals surface area contributed by atoms with Crippen molar-refractivity contribution in [1.29, 1.82) is 0 Å². The number of halogens is 1. The van der Waals surface area contributed by atoms with Crippen LogP contribution in [0.4, 0.5) is 10.1 Å². The molecule has 1 atom stereocenters. The predicted molar refractivity (Wildman–Crippen MR) is 140 cm³/mol. The zero-order chi connectivity index (χ0) is 27.0. The van der Waals surface area contributed by atoms with Gasteiger partial charge in [-0.1, -0.05) is 36.4 Å². The zero-order valence-electron chi connectivity index (χ0n) is 20.9. The van der Waals surface area contributed by atoms with Crippen LogP contribution in [0.3, 0.4) is 0 Å². The second-order valence-corrected chi connectivity index (χ2v) is 10.3. The van der Waals surface area contributed by atoms with Crippen LogP contribution in [-0.2, 0) is 26.2 Å². The van der Waals surface area contributed by atoms with Gasteiger partial charge in [-0.15, -0.1) is 0 Å². The van der Waals surface area contributed by atoms with E-state index in [0.717, 1.165) is 10.6 Å². The van der Waals surface area contributed by atoms with Gasteiger partial charge in [0.05, 0.1) is 11.9 Å². The molecule has 2 amide bonds. The summed E-state index contributed by atoms with van der Waals surface area (Å²) >= 11 is 0. The molecule has 1 unspecified atom stereocenters. The molecule has 3 aromatic carbocycles. The van der Waals surface area contributed by atoms with E-state index in [4.69, 9.17) is 4.74 Å². The van der Waals surface area contributed by atoms with Crippen molar-refractivity contribution >= 4 is 27.5 Å². The van der Waals surface area contributed by atoms with E-state index in [0.29, 0.717) is 18.0 Å². The lowest BCUT2D eigenvalue weighted by Gasteiger charge is -2.31. The number of nitrogens with one attached hydrogen (secondary N) is 1. The van der Waals surface area contributed by atoms with E-state index in [1.54, 1.807) is 37.3 Å². The fraction of sp³-hybridized carbons (Fsp3) is 0.259. The lowest BCUT2D eigenvalue weighted by Crippen LogP contribution is -2.51. The molecule has 0 saturated carbocycles. The standard InChI is InChI=1S/C27H30FN3O5S/c1-4-29-27(33)20(2)30(18-21-10-8-9-13-25(21)28)26(32)19-31(37(3,34)35)22-14-16-24(17-15-22)36-23-11-6-5-7-12-23/h5-17,20H,4,18-19H2,1-3H3,(H,29,33). The summed E-state index contributed by atoms with van der Waals surface area (Å²) in [6, 6.07) is 20.3. The summed E-state index contributed by atoms with van der Waals surface area (Å²) in [6.45, 7) is 2.83. The first kappa shape index (κ1) is 27.7. The van der Waals surface area contributed by atoms with Crippen LogP contribution in [0, 0.1) is 5.82 Å². The molecule has 0 heterocycles. The van der Waals surface area contributed by atoms with Crippen LogP contribution in [0.1, 0.15) is 19.4 Å². The largest absolute Gasteiger partial charge is 0.457 e. The zero-order valence-corrected chi connectivity index (χ0v) is 21.7. The van der Waals surface area contributed by atoms with Crippen molar-refractivity contribution in [2.45, 2.75) is 26.4 Å². The Morgan fingerprint density at radius 2 is 1.54 bits per heavy atom. The van der Waals surface area contributed by atoms with E-state index in [-0.39, 0.29) is 17.8 Å². The fourth-order valence-corrected chi connectivity index (χ4v) is 4.48. The number of amides is 2. The van der Waals surface area contributed by atoms with Crippen molar-refractivity contribution < 1.29 is 27.1 Å². The number of nitrogens with zero attached hydrogens (tertiary/aromatic N) is 2. The summed E-state index contributed by atoms with van der Waals surface area (Å²) in [7, 11) is -3.89. The number of carbonyl (C=O) groups excluding carboxylic acids is 2. The van der Waals surface area contributed by atoms with Crippen molar-refractivity contribution in [3.63, 3.8) is 0 Å². The second-order valence-electron chi connectivity index (χ2n) is 8.36. The van der Waals surface area contributed by atoms with Crippen LogP contribution >= 0.6 is 0 Å². The highest BCUT2D eigenvalue weighted by molar-refractivity contribution is 7.92. The summed E-state index contributed by atoms with van der Waals surface area (Å²) in [5.41, 5.74) is 0.452. The molecule has 0 spiro atoms. The van der Waals surface area contributed by atoms with Gasteiger partial charge in [-0.05, 0) is 56.3 Å². The smallest absolute Gasteiger partial charge is 0.244 e. The van der Waals surface area contributed by atoms with E-state index in [1.807, 2.05) is 18.2 Å². The van der Waals surface area contributed by atoms with Gasteiger partial charge in [-0.2, -0.15) is 0 Å². The molecule has 0 aliphatic heterocycles. The van der Waals surface area contributed by atoms with Gasteiger partial charge in [0.25, 0.3) is 0 Å². The first-order valence-electron chi connectivity index (χ1n) is 11.7. The number of hydrogen-bond acceptors (Lipinski definition) is 5. The molecule has 196 valence electrons. The van der Waals surface area contributed by atoms with Crippen LogP contribution in [0.2, 0.25) is 0 Å². The summed E-state index contributed by atoms with van der Waals surface area (Å²) in [5.74, 6) is -0.510. The molecule has 37 heavy (non-hydrogen) atoms. The van der Waals surface area contributed by atoms with Gasteiger partial charge in [0.2, 0.25) is 21.8 Å². The number of ether oxygens (including phenoxy) is 1. The maximum atomic E-state index is 14.4. The molecule has 0 aliphatic carbocycles. The van der Waals surface area contributed by atoms with Gasteiger partial charge < -0.3 is 15.0 Å². The minimum absolute atomic E-state index is 0.203. The number of sulfonamides is 1. The van der Waals surface area contributed by atoms with Crippen LogP contribution in [0.5, 0.6) is 11.5 Å². The molecular weight excluding hydrogens is 497 g/mol. The molecule has 3 rings (SSSR count). The maximum absolute atomic E-state index is 14.4. The van der Waals surface area contributed by atoms with Crippen molar-refractivity contribution in [3.05, 3.63) is 90.2 Å². The number of carbonyl (C=O) groups is 2. The molecule has 0 fully saturated rings. The van der Waals surface area contributed by atoms with Crippen molar-refractivity contribution in [2.75, 3.05) is 23.7 Å². The second kappa shape index (κ2) is 12.4. The molecule has 10 heteroatoms. The van der Waals surface area contributed by atoms with Crippen LogP contribution in [-0.4, -0.2) is 50.5 Å². The van der Waals surface area contributed by atoms with Gasteiger partial charge in [0.15, 0.2) is 0 Å². The molecular formula is C27H30FN3O5S. The van der Waals surface area contributed by atoms with E-state index < -0.39 is 40.2 Å². The molecule has 0 saturated heterocycles. The summed E-state index contributed by atoms with van der Waals surface area (Å²) < 4.78 is 46.4. The van der Waals surface area contributed by atoms with E-state index >= 15 is 0 Å². The molecule has 0 aliphatic rings. The van der Waals surface area contributed by atoms with E-state index in [1.165, 1.54) is 42.2 Å². The van der Waals surface area contributed by atoms with Crippen molar-refractivity contribution in [3.8, 4) is 11.5 Å². The highest BCUT2D eigenvalue weighted by Gasteiger charge is 2.30. The third kappa shape index (κ3) is 7.53. The monoisotopic (exact) mass is 527 g/mol. The summed E-state index contributed by atoms with van der Waals surface area (Å²) in [4.78, 5) is 27.2. The highest BCUT2D eigenvalue weighted by atomic mass is 32.2. The first-order chi connectivity index (χ1) is 17.6. The molecule has 0 aromatic heterocycles. The number of likely N-dealkylation sites (N-methyl/N-ethyl adjacent to an activating group) is 1. The van der Waals surface area contributed by atoms with Gasteiger partial charge in [0.1, 0.15) is 29.9 Å². The van der Waals surface area contributed by atoms with Crippen LogP contribution < -0.4 is 14.4 Å². The maximum Gasteiger partial charge on any atom is 0.244 e. The molecule has 0 bridgehead atoms. The minimum Gasteiger partial charge on any atom is -0.457 e. The third-order valence-electron chi connectivity index (χ3n) is 5.60. The summed E-state index contributed by atoms with van der Waals surface area (Å²) in [5, 5.41) is 2.65. The summed E-state index contributed by atoms with van der Waals surface area (Å²) in [6.07, 6.45) is 0.989. The van der Waals surface area contributed by atoms with Gasteiger partial charge in [-0.3, -0.25) is 13.9 Å². The average molecular weight is 528 g/mol. The lowest BCUT2D eigenvalue weighted by molar-refractivity contribution is -0.139. The minimum atomic E-state index is -3.89. The molecule has 3 aromatic rings. The molecule has 0 radical (unpaired) electrons. The Morgan fingerprint density at radius 1 is 0.946 bits per heavy atom. The van der Waals surface area contributed by atoms with E-state index in [2.05, 4.69) is 5.32 Å². The van der Waals surface area contributed by atoms with Gasteiger partial charge >= 0.3 is 0 Å². The Kier molecular flexibility index (Phi) is 9.24. The van der Waals surface area contributed by atoms with Crippen molar-refractivity contribution in [2.24, 2.45) is 0 Å². The van der Waals surface area contributed by atoms with Crippen LogP contribution in [0.15, 0.2) is 78.9 Å². The highest BCUT2D eigenvalue weighted by Crippen LogP contribution is 2.26. The molecule has 1 N–H and O–H groups in total. The average Bonchev–Trinajstić information content (AvgIpc) is 2.87. The van der Waals surface area contributed by atoms with Crippen molar-refractivity contribution in [1.82, 2.24) is 10.2 Å². The van der Waals surface area contributed by atoms with E-state index in [9.17, 15) is 22.4 Å². The Bertz CT molecular complexity index is 1320. The first-order valence-corrected chi connectivity index (χ1v) is 13.6. The number of para-hydroxylation sites is 1. The number of rotatable bonds is 11. The fourth-order valence-electron chi connectivity index (χ4n) is 3.63. The Balaban J connectivity index is 1.86. The Morgan fingerprint density at radius 3 is 2.14 bits per heavy atom. The van der Waals surface area contributed by atoms with Gasteiger partial charge in [-0.25, -0.2) is 12.8 Å². The van der Waals surface area contributed by atoms with Gasteiger partial charge in [0, 0.05) is 18.7 Å². The Hall–Kier alpha value is -3.92. The number of benzene rings is 3.